The molecule has 2 aromatic rings. The number of nitrogens with zero attached hydrogens (tertiary/aromatic N) is 3. The summed E-state index contributed by atoms with van der Waals surface area (Å²) in [6.07, 6.45) is 1.58. The SMILES string of the molecule is O=C(N[C@@H]1COc2ccccc21)N1CCN(Cc2ccon2)CC1. The van der Waals surface area contributed by atoms with Gasteiger partial charge in [0.15, 0.2) is 0 Å². The van der Waals surface area contributed by atoms with E-state index in [1.165, 1.54) is 0 Å². The topological polar surface area (TPSA) is 70.8 Å². The molecule has 1 saturated heterocycles. The van der Waals surface area contributed by atoms with Gasteiger partial charge in [0, 0.05) is 44.4 Å². The second-order valence-electron chi connectivity index (χ2n) is 6.10. The van der Waals surface area contributed by atoms with Gasteiger partial charge in [-0.15, -0.1) is 0 Å². The number of carbonyl (C=O) groups is 1. The maximum absolute atomic E-state index is 12.5. The van der Waals surface area contributed by atoms with Crippen LogP contribution < -0.4 is 10.1 Å². The molecule has 4 rings (SSSR count). The maximum Gasteiger partial charge on any atom is 0.318 e. The van der Waals surface area contributed by atoms with Crippen LogP contribution in [0.15, 0.2) is 41.1 Å². The molecule has 3 heterocycles. The lowest BCUT2D eigenvalue weighted by Gasteiger charge is -2.34. The van der Waals surface area contributed by atoms with Crippen molar-refractivity contribution in [3.8, 4) is 5.75 Å². The van der Waals surface area contributed by atoms with E-state index in [0.717, 1.165) is 36.6 Å². The van der Waals surface area contributed by atoms with Crippen LogP contribution in [-0.4, -0.2) is 53.8 Å². The molecule has 2 aliphatic heterocycles. The molecule has 126 valence electrons. The van der Waals surface area contributed by atoms with Crippen molar-refractivity contribution in [3.05, 3.63) is 47.9 Å². The number of carbonyl (C=O) groups excluding carboxylic acids is 1. The van der Waals surface area contributed by atoms with Crippen molar-refractivity contribution >= 4 is 6.03 Å². The van der Waals surface area contributed by atoms with Crippen molar-refractivity contribution in [1.82, 2.24) is 20.3 Å². The largest absolute Gasteiger partial charge is 0.491 e. The highest BCUT2D eigenvalue weighted by Gasteiger charge is 2.28. The molecule has 1 aromatic heterocycles. The molecule has 0 unspecified atom stereocenters. The lowest BCUT2D eigenvalue weighted by atomic mass is 10.1. The molecule has 0 saturated carbocycles. The molecule has 1 aromatic carbocycles. The summed E-state index contributed by atoms with van der Waals surface area (Å²) in [5, 5.41) is 7.01. The molecule has 0 bridgehead atoms. The van der Waals surface area contributed by atoms with Crippen LogP contribution in [0.5, 0.6) is 5.75 Å². The van der Waals surface area contributed by atoms with Gasteiger partial charge in [-0.05, 0) is 6.07 Å². The predicted octanol–water partition coefficient (Wildman–Crippen LogP) is 1.64. The summed E-state index contributed by atoms with van der Waals surface area (Å²) in [7, 11) is 0. The van der Waals surface area contributed by atoms with Gasteiger partial charge in [-0.25, -0.2) is 4.79 Å². The normalized spacial score (nSPS) is 20.5. The first-order valence-electron chi connectivity index (χ1n) is 8.18. The molecule has 24 heavy (non-hydrogen) atoms. The summed E-state index contributed by atoms with van der Waals surface area (Å²) in [4.78, 5) is 16.6. The van der Waals surface area contributed by atoms with Crippen LogP contribution in [0.2, 0.25) is 0 Å². The first-order chi connectivity index (χ1) is 11.8. The van der Waals surface area contributed by atoms with Crippen molar-refractivity contribution in [2.45, 2.75) is 12.6 Å². The van der Waals surface area contributed by atoms with E-state index >= 15 is 0 Å². The molecule has 1 N–H and O–H groups in total. The van der Waals surface area contributed by atoms with Crippen LogP contribution in [0, 0.1) is 0 Å². The highest BCUT2D eigenvalue weighted by atomic mass is 16.5. The Morgan fingerprint density at radius 1 is 1.21 bits per heavy atom. The molecule has 7 heteroatoms. The van der Waals surface area contributed by atoms with Gasteiger partial charge in [0.05, 0.1) is 11.7 Å². The summed E-state index contributed by atoms with van der Waals surface area (Å²) in [5.74, 6) is 0.861. The highest BCUT2D eigenvalue weighted by molar-refractivity contribution is 5.75. The number of hydrogen-bond donors (Lipinski definition) is 1. The van der Waals surface area contributed by atoms with Gasteiger partial charge in [-0.1, -0.05) is 23.4 Å². The zero-order valence-electron chi connectivity index (χ0n) is 13.4. The third-order valence-electron chi connectivity index (χ3n) is 4.53. The molecular formula is C17H20N4O3. The van der Waals surface area contributed by atoms with Crippen molar-refractivity contribution in [1.29, 1.82) is 0 Å². The number of benzene rings is 1. The predicted molar refractivity (Wildman–Crippen MR) is 86.6 cm³/mol. The van der Waals surface area contributed by atoms with Crippen molar-refractivity contribution < 1.29 is 14.1 Å². The van der Waals surface area contributed by atoms with Crippen LogP contribution in [0.3, 0.4) is 0 Å². The molecular weight excluding hydrogens is 308 g/mol. The number of rotatable bonds is 3. The molecule has 0 radical (unpaired) electrons. The minimum absolute atomic E-state index is 0.0265. The second-order valence-corrected chi connectivity index (χ2v) is 6.10. The number of aromatic nitrogens is 1. The molecule has 0 spiro atoms. The van der Waals surface area contributed by atoms with Gasteiger partial charge in [0.1, 0.15) is 18.6 Å². The standard InChI is InChI=1S/C17H20N4O3/c22-17(18-15-12-23-16-4-2-1-3-14(15)16)21-8-6-20(7-9-21)11-13-5-10-24-19-13/h1-5,10,15H,6-9,11-12H2,(H,18,22)/t15-/m1/s1. The van der Waals surface area contributed by atoms with Crippen LogP contribution in [-0.2, 0) is 6.54 Å². The fraction of sp³-hybridized carbons (Fsp3) is 0.412. The summed E-state index contributed by atoms with van der Waals surface area (Å²) < 4.78 is 10.5. The monoisotopic (exact) mass is 328 g/mol. The van der Waals surface area contributed by atoms with E-state index in [9.17, 15) is 4.79 Å². The Kier molecular flexibility index (Phi) is 4.08. The van der Waals surface area contributed by atoms with E-state index in [0.29, 0.717) is 19.7 Å². The Bertz CT molecular complexity index is 696. The number of fused-ring (bicyclic) bond motifs is 1. The molecule has 2 aliphatic rings. The second kappa shape index (κ2) is 6.52. The molecule has 1 fully saturated rings. The van der Waals surface area contributed by atoms with Crippen molar-refractivity contribution in [2.75, 3.05) is 32.8 Å². The van der Waals surface area contributed by atoms with Crippen LogP contribution in [0.25, 0.3) is 0 Å². The van der Waals surface area contributed by atoms with Gasteiger partial charge in [-0.3, -0.25) is 4.90 Å². The molecule has 2 amide bonds. The highest BCUT2D eigenvalue weighted by Crippen LogP contribution is 2.31. The Hall–Kier alpha value is -2.54. The Morgan fingerprint density at radius 3 is 2.83 bits per heavy atom. The smallest absolute Gasteiger partial charge is 0.318 e. The summed E-state index contributed by atoms with van der Waals surface area (Å²) in [6, 6.07) is 9.62. The molecule has 7 nitrogen and oxygen atoms in total. The van der Waals surface area contributed by atoms with Gasteiger partial charge in [0.2, 0.25) is 0 Å². The number of para-hydroxylation sites is 1. The maximum atomic E-state index is 12.5. The summed E-state index contributed by atoms with van der Waals surface area (Å²) in [5.41, 5.74) is 1.98. The number of hydrogen-bond acceptors (Lipinski definition) is 5. The van der Waals surface area contributed by atoms with E-state index in [-0.39, 0.29) is 12.1 Å². The lowest BCUT2D eigenvalue weighted by molar-refractivity contribution is 0.130. The number of amides is 2. The van der Waals surface area contributed by atoms with Crippen molar-refractivity contribution in [3.63, 3.8) is 0 Å². The zero-order valence-corrected chi connectivity index (χ0v) is 13.4. The Labute approximate surface area is 140 Å². The Balaban J connectivity index is 1.29. The van der Waals surface area contributed by atoms with Gasteiger partial charge in [0.25, 0.3) is 0 Å². The van der Waals surface area contributed by atoms with E-state index < -0.39 is 0 Å². The third kappa shape index (κ3) is 3.07. The van der Waals surface area contributed by atoms with Crippen LogP contribution in [0.4, 0.5) is 4.79 Å². The first kappa shape index (κ1) is 15.0. The van der Waals surface area contributed by atoms with E-state index in [1.807, 2.05) is 35.2 Å². The number of ether oxygens (including phenoxy) is 1. The van der Waals surface area contributed by atoms with Crippen LogP contribution >= 0.6 is 0 Å². The quantitative estimate of drug-likeness (QED) is 0.927. The van der Waals surface area contributed by atoms with Gasteiger partial charge in [-0.2, -0.15) is 0 Å². The van der Waals surface area contributed by atoms with E-state index in [2.05, 4.69) is 15.4 Å². The van der Waals surface area contributed by atoms with E-state index in [4.69, 9.17) is 9.26 Å². The average Bonchev–Trinajstić information content (AvgIpc) is 3.26. The number of nitrogens with one attached hydrogen (secondary N) is 1. The minimum atomic E-state index is -0.0677. The summed E-state index contributed by atoms with van der Waals surface area (Å²) in [6.45, 7) is 4.33. The zero-order chi connectivity index (χ0) is 16.4. The minimum Gasteiger partial charge on any atom is -0.491 e. The Morgan fingerprint density at radius 2 is 2.04 bits per heavy atom. The van der Waals surface area contributed by atoms with Crippen molar-refractivity contribution in [2.24, 2.45) is 0 Å². The third-order valence-corrected chi connectivity index (χ3v) is 4.53. The molecule has 1 atom stereocenters. The molecule has 0 aliphatic carbocycles. The first-order valence-corrected chi connectivity index (χ1v) is 8.18. The van der Waals surface area contributed by atoms with E-state index in [1.54, 1.807) is 6.26 Å². The van der Waals surface area contributed by atoms with Gasteiger partial charge >= 0.3 is 6.03 Å². The number of urea groups is 1. The lowest BCUT2D eigenvalue weighted by Crippen LogP contribution is -2.52. The number of piperazine rings is 1. The fourth-order valence-electron chi connectivity index (χ4n) is 3.18. The van der Waals surface area contributed by atoms with Gasteiger partial charge < -0.3 is 19.5 Å². The summed E-state index contributed by atoms with van der Waals surface area (Å²) >= 11 is 0. The average molecular weight is 328 g/mol. The van der Waals surface area contributed by atoms with Crippen LogP contribution in [0.1, 0.15) is 17.3 Å². The fourth-order valence-corrected chi connectivity index (χ4v) is 3.18.